The molecule has 0 atom stereocenters. The highest BCUT2D eigenvalue weighted by Crippen LogP contribution is 2.33. The number of nitrogens with zero attached hydrogens (tertiary/aromatic N) is 4. The Morgan fingerprint density at radius 2 is 2.26 bits per heavy atom. The summed E-state index contributed by atoms with van der Waals surface area (Å²) >= 11 is 0. The van der Waals surface area contributed by atoms with Gasteiger partial charge in [-0.05, 0) is 38.5 Å². The van der Waals surface area contributed by atoms with Crippen molar-refractivity contribution in [2.45, 2.75) is 26.7 Å². The van der Waals surface area contributed by atoms with Gasteiger partial charge in [-0.1, -0.05) is 0 Å². The molecule has 2 aromatic rings. The average Bonchev–Trinajstić information content (AvgIpc) is 3.33. The van der Waals surface area contributed by atoms with Crippen LogP contribution in [0.15, 0.2) is 53.4 Å². The minimum Gasteiger partial charge on any atom is -0.494 e. The number of esters is 1. The van der Waals surface area contributed by atoms with Crippen LogP contribution < -0.4 is 9.64 Å². The third-order valence-corrected chi connectivity index (χ3v) is 4.24. The fourth-order valence-corrected chi connectivity index (χ4v) is 3.08. The van der Waals surface area contributed by atoms with E-state index in [1.54, 1.807) is 31.8 Å². The molecular formula is C20H24N4O3. The standard InChI is InChI=1S/C20H24N4O3/c1-4-27-20(25)13-15(2)22-19-7-5-11-23(19)17-9-8-16(14-18(17)26-3)24-12-6-10-21-24/h6,8-10,12-14H,4-5,7,11H2,1-3H3/b15-13+,22-19?. The van der Waals surface area contributed by atoms with Crippen LogP contribution in [-0.2, 0) is 9.53 Å². The number of ether oxygens (including phenoxy) is 2. The third kappa shape index (κ3) is 4.36. The summed E-state index contributed by atoms with van der Waals surface area (Å²) < 4.78 is 12.4. The highest BCUT2D eigenvalue weighted by molar-refractivity contribution is 6.01. The van der Waals surface area contributed by atoms with Crippen LogP contribution in [0.1, 0.15) is 26.7 Å². The number of rotatable bonds is 6. The van der Waals surface area contributed by atoms with Crippen LogP contribution in [0.4, 0.5) is 5.69 Å². The number of allylic oxidation sites excluding steroid dienone is 1. The normalized spacial score (nSPS) is 16.0. The molecule has 1 aliphatic rings. The molecule has 0 unspecified atom stereocenters. The Bertz CT molecular complexity index is 856. The van der Waals surface area contributed by atoms with E-state index in [2.05, 4.69) is 15.0 Å². The first kappa shape index (κ1) is 18.7. The summed E-state index contributed by atoms with van der Waals surface area (Å²) in [6.07, 6.45) is 6.89. The number of hydrogen-bond acceptors (Lipinski definition) is 5. The number of methoxy groups -OCH3 is 1. The Morgan fingerprint density at radius 3 is 2.96 bits per heavy atom. The van der Waals surface area contributed by atoms with Gasteiger partial charge in [-0.25, -0.2) is 14.5 Å². The molecule has 0 radical (unpaired) electrons. The smallest absolute Gasteiger partial charge is 0.332 e. The molecule has 0 amide bonds. The molecule has 2 heterocycles. The maximum absolute atomic E-state index is 11.6. The quantitative estimate of drug-likeness (QED) is 0.578. The summed E-state index contributed by atoms with van der Waals surface area (Å²) in [5.41, 5.74) is 2.51. The lowest BCUT2D eigenvalue weighted by atomic mass is 10.2. The van der Waals surface area contributed by atoms with Gasteiger partial charge in [0.15, 0.2) is 0 Å². The molecule has 0 aliphatic carbocycles. The number of amidine groups is 1. The lowest BCUT2D eigenvalue weighted by Gasteiger charge is -2.22. The predicted molar refractivity (Wildman–Crippen MR) is 105 cm³/mol. The molecule has 1 aromatic heterocycles. The van der Waals surface area contributed by atoms with Crippen molar-refractivity contribution in [3.8, 4) is 11.4 Å². The van der Waals surface area contributed by atoms with Gasteiger partial charge in [0, 0.05) is 43.2 Å². The number of carbonyl (C=O) groups is 1. The molecule has 142 valence electrons. The van der Waals surface area contributed by atoms with E-state index in [-0.39, 0.29) is 5.97 Å². The zero-order valence-corrected chi connectivity index (χ0v) is 15.9. The van der Waals surface area contributed by atoms with Crippen molar-refractivity contribution in [3.05, 3.63) is 48.4 Å². The fraction of sp³-hybridized carbons (Fsp3) is 0.350. The highest BCUT2D eigenvalue weighted by atomic mass is 16.5. The summed E-state index contributed by atoms with van der Waals surface area (Å²) in [4.78, 5) is 18.4. The molecule has 1 saturated heterocycles. The van der Waals surface area contributed by atoms with Crippen LogP contribution in [0.25, 0.3) is 5.69 Å². The van der Waals surface area contributed by atoms with Crippen LogP contribution in [0.3, 0.4) is 0 Å². The summed E-state index contributed by atoms with van der Waals surface area (Å²) in [5, 5.41) is 4.26. The van der Waals surface area contributed by atoms with Crippen molar-refractivity contribution in [3.63, 3.8) is 0 Å². The van der Waals surface area contributed by atoms with Crippen molar-refractivity contribution in [2.75, 3.05) is 25.2 Å². The van der Waals surface area contributed by atoms with Gasteiger partial charge in [0.05, 0.1) is 25.1 Å². The number of carbonyl (C=O) groups excluding carboxylic acids is 1. The molecule has 1 fully saturated rings. The molecule has 0 bridgehead atoms. The first-order chi connectivity index (χ1) is 13.1. The SMILES string of the molecule is CCOC(=O)/C=C(\C)N=C1CCCN1c1ccc(-n2cccn2)cc1OC. The third-order valence-electron chi connectivity index (χ3n) is 4.24. The first-order valence-electron chi connectivity index (χ1n) is 9.00. The van der Waals surface area contributed by atoms with Crippen LogP contribution in [0, 0.1) is 0 Å². The molecule has 0 saturated carbocycles. The zero-order valence-electron chi connectivity index (χ0n) is 15.9. The maximum atomic E-state index is 11.6. The minimum atomic E-state index is -0.370. The monoisotopic (exact) mass is 368 g/mol. The zero-order chi connectivity index (χ0) is 19.2. The van der Waals surface area contributed by atoms with Crippen molar-refractivity contribution in [1.82, 2.24) is 9.78 Å². The van der Waals surface area contributed by atoms with Gasteiger partial charge >= 0.3 is 5.97 Å². The van der Waals surface area contributed by atoms with E-state index in [1.807, 2.05) is 30.5 Å². The highest BCUT2D eigenvalue weighted by Gasteiger charge is 2.23. The van der Waals surface area contributed by atoms with Gasteiger partial charge < -0.3 is 14.4 Å². The number of hydrogen-bond donors (Lipinski definition) is 0. The summed E-state index contributed by atoms with van der Waals surface area (Å²) in [6, 6.07) is 7.85. The number of anilines is 1. The van der Waals surface area contributed by atoms with Crippen LogP contribution >= 0.6 is 0 Å². The van der Waals surface area contributed by atoms with Gasteiger partial charge in [-0.15, -0.1) is 0 Å². The van der Waals surface area contributed by atoms with Gasteiger partial charge in [0.1, 0.15) is 11.6 Å². The topological polar surface area (TPSA) is 69.0 Å². The van der Waals surface area contributed by atoms with Crippen molar-refractivity contribution < 1.29 is 14.3 Å². The van der Waals surface area contributed by atoms with E-state index in [4.69, 9.17) is 9.47 Å². The summed E-state index contributed by atoms with van der Waals surface area (Å²) in [7, 11) is 1.66. The van der Waals surface area contributed by atoms with Crippen LogP contribution in [0.2, 0.25) is 0 Å². The Kier molecular flexibility index (Phi) is 5.90. The molecule has 7 nitrogen and oxygen atoms in total. The largest absolute Gasteiger partial charge is 0.494 e. The molecular weight excluding hydrogens is 344 g/mol. The molecule has 3 rings (SSSR count). The van der Waals surface area contributed by atoms with Crippen LogP contribution in [0.5, 0.6) is 5.75 Å². The molecule has 7 heteroatoms. The molecule has 27 heavy (non-hydrogen) atoms. The second-order valence-corrected chi connectivity index (χ2v) is 6.13. The van der Waals surface area contributed by atoms with E-state index in [0.29, 0.717) is 12.3 Å². The predicted octanol–water partition coefficient (Wildman–Crippen LogP) is 3.35. The second kappa shape index (κ2) is 8.53. The Balaban J connectivity index is 1.88. The Hall–Kier alpha value is -3.09. The van der Waals surface area contributed by atoms with E-state index < -0.39 is 0 Å². The number of aromatic nitrogens is 2. The van der Waals surface area contributed by atoms with E-state index in [9.17, 15) is 4.79 Å². The Morgan fingerprint density at radius 1 is 1.41 bits per heavy atom. The average molecular weight is 368 g/mol. The molecule has 1 aliphatic heterocycles. The second-order valence-electron chi connectivity index (χ2n) is 6.13. The van der Waals surface area contributed by atoms with Crippen LogP contribution in [-0.4, -0.2) is 41.8 Å². The first-order valence-corrected chi connectivity index (χ1v) is 9.00. The van der Waals surface area contributed by atoms with Gasteiger partial charge in [0.2, 0.25) is 0 Å². The molecule has 0 spiro atoms. The molecule has 1 aromatic carbocycles. The van der Waals surface area contributed by atoms with Crippen molar-refractivity contribution >= 4 is 17.5 Å². The van der Waals surface area contributed by atoms with Crippen molar-refractivity contribution in [2.24, 2.45) is 4.99 Å². The maximum Gasteiger partial charge on any atom is 0.332 e. The summed E-state index contributed by atoms with van der Waals surface area (Å²) in [6.45, 7) is 4.79. The van der Waals surface area contributed by atoms with E-state index in [1.165, 1.54) is 6.08 Å². The number of benzene rings is 1. The van der Waals surface area contributed by atoms with Gasteiger partial charge in [-0.2, -0.15) is 5.10 Å². The molecule has 0 N–H and O–H groups in total. The summed E-state index contributed by atoms with van der Waals surface area (Å²) in [5.74, 6) is 1.30. The lowest BCUT2D eigenvalue weighted by molar-refractivity contribution is -0.137. The van der Waals surface area contributed by atoms with Gasteiger partial charge in [0.25, 0.3) is 0 Å². The minimum absolute atomic E-state index is 0.352. The Labute approximate surface area is 158 Å². The van der Waals surface area contributed by atoms with E-state index in [0.717, 1.165) is 42.3 Å². The lowest BCUT2D eigenvalue weighted by Crippen LogP contribution is -2.25. The van der Waals surface area contributed by atoms with Crippen molar-refractivity contribution in [1.29, 1.82) is 0 Å². The van der Waals surface area contributed by atoms with Gasteiger partial charge in [-0.3, -0.25) is 0 Å². The van der Waals surface area contributed by atoms with E-state index >= 15 is 0 Å². The number of aliphatic imine (C=N–C) groups is 1. The fourth-order valence-electron chi connectivity index (χ4n) is 3.08.